The number of nitrogens with two attached hydrogens (primary N) is 1. The number of carbonyl (C=O) groups is 1. The Bertz CT molecular complexity index is 429. The molecule has 0 unspecified atom stereocenters. The zero-order valence-electron chi connectivity index (χ0n) is 11.1. The molecule has 2 rings (SSSR count). The van der Waals surface area contributed by atoms with Gasteiger partial charge in [0.05, 0.1) is 0 Å². The molecule has 98 valence electrons. The summed E-state index contributed by atoms with van der Waals surface area (Å²) >= 11 is 0. The van der Waals surface area contributed by atoms with Crippen LogP contribution in [-0.2, 0) is 17.6 Å². The van der Waals surface area contributed by atoms with Crippen LogP contribution in [0, 0.1) is 0 Å². The van der Waals surface area contributed by atoms with Gasteiger partial charge in [0, 0.05) is 19.2 Å². The molecular formula is C15H22N2O. The first kappa shape index (κ1) is 13.1. The molecule has 1 amide bonds. The number of aryl methyl sites for hydroxylation is 2. The summed E-state index contributed by atoms with van der Waals surface area (Å²) in [5.41, 5.74) is 9.26. The lowest BCUT2D eigenvalue weighted by molar-refractivity contribution is -0.116. The molecule has 2 N–H and O–H groups in total. The van der Waals surface area contributed by atoms with Gasteiger partial charge in [-0.15, -0.1) is 0 Å². The Balaban J connectivity index is 2.17. The number of hydrogen-bond donors (Lipinski definition) is 1. The Hall–Kier alpha value is -1.35. The van der Waals surface area contributed by atoms with Gasteiger partial charge in [-0.25, -0.2) is 0 Å². The van der Waals surface area contributed by atoms with Crippen molar-refractivity contribution in [2.75, 3.05) is 18.0 Å². The van der Waals surface area contributed by atoms with E-state index in [1.807, 2.05) is 4.90 Å². The highest BCUT2D eigenvalue weighted by atomic mass is 16.2. The molecule has 1 heterocycles. The highest BCUT2D eigenvalue weighted by Crippen LogP contribution is 2.28. The number of anilines is 1. The topological polar surface area (TPSA) is 46.3 Å². The zero-order valence-corrected chi connectivity index (χ0v) is 11.1. The van der Waals surface area contributed by atoms with Crippen molar-refractivity contribution in [3.63, 3.8) is 0 Å². The van der Waals surface area contributed by atoms with Crippen LogP contribution in [0.1, 0.15) is 37.3 Å². The van der Waals surface area contributed by atoms with Crippen molar-refractivity contribution in [3.05, 3.63) is 29.3 Å². The molecule has 1 aliphatic heterocycles. The van der Waals surface area contributed by atoms with E-state index in [0.29, 0.717) is 0 Å². The quantitative estimate of drug-likeness (QED) is 0.828. The molecule has 0 saturated carbocycles. The van der Waals surface area contributed by atoms with Crippen LogP contribution in [0.25, 0.3) is 0 Å². The van der Waals surface area contributed by atoms with Gasteiger partial charge in [0.2, 0.25) is 5.91 Å². The van der Waals surface area contributed by atoms with E-state index in [-0.39, 0.29) is 5.91 Å². The number of hydrogen-bond acceptors (Lipinski definition) is 2. The van der Waals surface area contributed by atoms with Crippen molar-refractivity contribution < 1.29 is 4.79 Å². The molecule has 0 saturated heterocycles. The Kier molecular flexibility index (Phi) is 4.37. The van der Waals surface area contributed by atoms with Crippen LogP contribution < -0.4 is 10.6 Å². The molecule has 0 bridgehead atoms. The van der Waals surface area contributed by atoms with E-state index in [1.165, 1.54) is 11.1 Å². The predicted octanol–water partition coefficient (Wildman–Crippen LogP) is 2.27. The monoisotopic (exact) mass is 246 g/mol. The van der Waals surface area contributed by atoms with Crippen molar-refractivity contribution >= 4 is 11.6 Å². The van der Waals surface area contributed by atoms with E-state index in [1.54, 1.807) is 6.92 Å². The minimum absolute atomic E-state index is 0.148. The molecule has 1 aromatic carbocycles. The maximum atomic E-state index is 11.6. The van der Waals surface area contributed by atoms with Gasteiger partial charge < -0.3 is 10.6 Å². The number of fused-ring (bicyclic) bond motifs is 1. The van der Waals surface area contributed by atoms with Crippen LogP contribution >= 0.6 is 0 Å². The Morgan fingerprint density at radius 3 is 2.94 bits per heavy atom. The average molecular weight is 246 g/mol. The van der Waals surface area contributed by atoms with Crippen LogP contribution in [0.5, 0.6) is 0 Å². The SMILES string of the molecule is CC(=O)N1CCCc2ccc(CCCCN)cc21. The molecule has 0 aromatic heterocycles. The largest absolute Gasteiger partial charge is 0.330 e. The van der Waals surface area contributed by atoms with Crippen molar-refractivity contribution in [2.24, 2.45) is 5.73 Å². The van der Waals surface area contributed by atoms with Crippen LogP contribution in [0.15, 0.2) is 18.2 Å². The van der Waals surface area contributed by atoms with Gasteiger partial charge in [-0.05, 0) is 55.8 Å². The lowest BCUT2D eigenvalue weighted by Gasteiger charge is -2.29. The number of unbranched alkanes of at least 4 members (excludes halogenated alkanes) is 1. The van der Waals surface area contributed by atoms with Gasteiger partial charge in [-0.3, -0.25) is 4.79 Å². The van der Waals surface area contributed by atoms with Gasteiger partial charge in [-0.2, -0.15) is 0 Å². The molecule has 3 heteroatoms. The van der Waals surface area contributed by atoms with Gasteiger partial charge in [0.25, 0.3) is 0 Å². The van der Waals surface area contributed by atoms with Crippen LogP contribution in [0.2, 0.25) is 0 Å². The fourth-order valence-electron chi connectivity index (χ4n) is 2.58. The molecule has 1 aliphatic rings. The molecule has 3 nitrogen and oxygen atoms in total. The summed E-state index contributed by atoms with van der Waals surface area (Å²) in [6.45, 7) is 3.26. The second kappa shape index (κ2) is 6.01. The van der Waals surface area contributed by atoms with Crippen LogP contribution in [0.4, 0.5) is 5.69 Å². The summed E-state index contributed by atoms with van der Waals surface area (Å²) in [5.74, 6) is 0.148. The maximum absolute atomic E-state index is 11.6. The van der Waals surface area contributed by atoms with Gasteiger partial charge in [0.1, 0.15) is 0 Å². The highest BCUT2D eigenvalue weighted by molar-refractivity contribution is 5.92. The summed E-state index contributed by atoms with van der Waals surface area (Å²) < 4.78 is 0. The summed E-state index contributed by atoms with van der Waals surface area (Å²) in [5, 5.41) is 0. The summed E-state index contributed by atoms with van der Waals surface area (Å²) in [7, 11) is 0. The van der Waals surface area contributed by atoms with E-state index >= 15 is 0 Å². The first-order chi connectivity index (χ1) is 8.72. The Morgan fingerprint density at radius 1 is 1.39 bits per heavy atom. The fraction of sp³-hybridized carbons (Fsp3) is 0.533. The number of carbonyl (C=O) groups excluding carboxylic acids is 1. The smallest absolute Gasteiger partial charge is 0.223 e. The summed E-state index contributed by atoms with van der Waals surface area (Å²) in [4.78, 5) is 13.6. The Labute approximate surface area is 109 Å². The molecule has 1 aromatic rings. The van der Waals surface area contributed by atoms with Crippen LogP contribution in [-0.4, -0.2) is 19.0 Å². The van der Waals surface area contributed by atoms with Crippen molar-refractivity contribution in [1.82, 2.24) is 0 Å². The van der Waals surface area contributed by atoms with Gasteiger partial charge in [0.15, 0.2) is 0 Å². The first-order valence-electron chi connectivity index (χ1n) is 6.82. The predicted molar refractivity (Wildman–Crippen MR) is 74.8 cm³/mol. The molecule has 18 heavy (non-hydrogen) atoms. The van der Waals surface area contributed by atoms with Gasteiger partial charge >= 0.3 is 0 Å². The van der Waals surface area contributed by atoms with Crippen molar-refractivity contribution in [1.29, 1.82) is 0 Å². The fourth-order valence-corrected chi connectivity index (χ4v) is 2.58. The van der Waals surface area contributed by atoms with E-state index in [2.05, 4.69) is 18.2 Å². The molecule has 0 spiro atoms. The Morgan fingerprint density at radius 2 is 2.22 bits per heavy atom. The highest BCUT2D eigenvalue weighted by Gasteiger charge is 2.19. The third-order valence-electron chi connectivity index (χ3n) is 3.57. The van der Waals surface area contributed by atoms with E-state index < -0.39 is 0 Å². The van der Waals surface area contributed by atoms with E-state index in [9.17, 15) is 4.79 Å². The summed E-state index contributed by atoms with van der Waals surface area (Å²) in [6, 6.07) is 6.56. The number of benzene rings is 1. The molecular weight excluding hydrogens is 224 g/mol. The van der Waals surface area contributed by atoms with E-state index in [4.69, 9.17) is 5.73 Å². The number of nitrogens with zero attached hydrogens (tertiary/aromatic N) is 1. The van der Waals surface area contributed by atoms with Gasteiger partial charge in [-0.1, -0.05) is 12.1 Å². The van der Waals surface area contributed by atoms with E-state index in [0.717, 1.165) is 50.9 Å². The zero-order chi connectivity index (χ0) is 13.0. The second-order valence-electron chi connectivity index (χ2n) is 4.98. The van der Waals surface area contributed by atoms with Crippen molar-refractivity contribution in [2.45, 2.75) is 39.0 Å². The molecule has 0 aliphatic carbocycles. The lowest BCUT2D eigenvalue weighted by Crippen LogP contribution is -2.33. The lowest BCUT2D eigenvalue weighted by atomic mass is 9.97. The normalized spacial score (nSPS) is 14.4. The average Bonchev–Trinajstić information content (AvgIpc) is 2.38. The molecule has 0 fully saturated rings. The minimum atomic E-state index is 0.148. The second-order valence-corrected chi connectivity index (χ2v) is 4.98. The van der Waals surface area contributed by atoms with Crippen molar-refractivity contribution in [3.8, 4) is 0 Å². The third-order valence-corrected chi connectivity index (χ3v) is 3.57. The third kappa shape index (κ3) is 2.91. The van der Waals surface area contributed by atoms with Crippen LogP contribution in [0.3, 0.4) is 0 Å². The number of rotatable bonds is 4. The molecule has 0 atom stereocenters. The molecule has 0 radical (unpaired) electrons. The number of amides is 1. The summed E-state index contributed by atoms with van der Waals surface area (Å²) in [6.07, 6.45) is 5.39. The minimum Gasteiger partial charge on any atom is -0.330 e. The first-order valence-corrected chi connectivity index (χ1v) is 6.82. The maximum Gasteiger partial charge on any atom is 0.223 e. The standard InChI is InChI=1S/C15H22N2O/c1-12(18)17-10-4-6-14-8-7-13(11-15(14)17)5-2-3-9-16/h7-8,11H,2-6,9-10,16H2,1H3.